The van der Waals surface area contributed by atoms with Crippen LogP contribution in [0.15, 0.2) is 0 Å². The van der Waals surface area contributed by atoms with Gasteiger partial charge in [0.15, 0.2) is 0 Å². The summed E-state index contributed by atoms with van der Waals surface area (Å²) in [6.07, 6.45) is 3.52. The van der Waals surface area contributed by atoms with Gasteiger partial charge in [0, 0.05) is 11.2 Å². The summed E-state index contributed by atoms with van der Waals surface area (Å²) in [5, 5.41) is 12.0. The minimum atomic E-state index is -0.645. The number of hydrogen-bond donors (Lipinski definition) is 1. The van der Waals surface area contributed by atoms with Gasteiger partial charge in [-0.3, -0.25) is 4.79 Å². The van der Waals surface area contributed by atoms with E-state index in [1.807, 2.05) is 18.7 Å². The third kappa shape index (κ3) is 5.30. The maximum atomic E-state index is 11.8. The number of nitrogens with one attached hydrogen (secondary N) is 1. The molecule has 1 N–H and O–H groups in total. The Balaban J connectivity index is 2.23. The molecule has 0 radical (unpaired) electrons. The van der Waals surface area contributed by atoms with E-state index in [2.05, 4.69) is 32.2 Å². The fraction of sp³-hybridized carbons (Fsp3) is 0.857. The minimum Gasteiger partial charge on any atom is -0.338 e. The van der Waals surface area contributed by atoms with Crippen molar-refractivity contribution < 1.29 is 4.79 Å². The molecule has 0 aromatic heterocycles. The predicted octanol–water partition coefficient (Wildman–Crippen LogP) is 3.11. The van der Waals surface area contributed by atoms with Crippen LogP contribution in [0.4, 0.5) is 0 Å². The number of thioether (sulfide) groups is 1. The predicted molar refractivity (Wildman–Crippen MR) is 76.3 cm³/mol. The van der Waals surface area contributed by atoms with E-state index in [0.29, 0.717) is 12.3 Å². The smallest absolute Gasteiger partial charge is 0.221 e. The Morgan fingerprint density at radius 2 is 2.00 bits per heavy atom. The van der Waals surface area contributed by atoms with Crippen molar-refractivity contribution in [3.63, 3.8) is 0 Å². The lowest BCUT2D eigenvalue weighted by Crippen LogP contribution is -2.46. The van der Waals surface area contributed by atoms with Crippen molar-refractivity contribution in [3.05, 3.63) is 0 Å². The van der Waals surface area contributed by atoms with Crippen molar-refractivity contribution in [2.75, 3.05) is 5.75 Å². The van der Waals surface area contributed by atoms with E-state index in [1.165, 1.54) is 0 Å². The van der Waals surface area contributed by atoms with Crippen molar-refractivity contribution in [2.24, 2.45) is 5.92 Å². The van der Waals surface area contributed by atoms with Gasteiger partial charge in [-0.1, -0.05) is 20.8 Å². The summed E-state index contributed by atoms with van der Waals surface area (Å²) in [5.41, 5.74) is -0.645. The van der Waals surface area contributed by atoms with Crippen LogP contribution in [0, 0.1) is 17.2 Å². The van der Waals surface area contributed by atoms with E-state index in [4.69, 9.17) is 5.26 Å². The lowest BCUT2D eigenvalue weighted by molar-refractivity contribution is -0.122. The summed E-state index contributed by atoms with van der Waals surface area (Å²) in [6, 6.07) is 2.25. The Labute approximate surface area is 115 Å². The molecular formula is C14H24N2OS. The van der Waals surface area contributed by atoms with Crippen molar-refractivity contribution in [1.29, 1.82) is 5.26 Å². The summed E-state index contributed by atoms with van der Waals surface area (Å²) in [4.78, 5) is 11.8. The van der Waals surface area contributed by atoms with Crippen LogP contribution < -0.4 is 5.32 Å². The highest BCUT2D eigenvalue weighted by Crippen LogP contribution is 2.39. The quantitative estimate of drug-likeness (QED) is 0.753. The average molecular weight is 268 g/mol. The number of hydrogen-bond acceptors (Lipinski definition) is 3. The molecule has 4 heteroatoms. The molecule has 1 aliphatic rings. The van der Waals surface area contributed by atoms with Gasteiger partial charge in [-0.05, 0) is 37.9 Å². The fourth-order valence-corrected chi connectivity index (χ4v) is 2.75. The monoisotopic (exact) mass is 268 g/mol. The molecule has 1 aliphatic carbocycles. The molecule has 1 atom stereocenters. The lowest BCUT2D eigenvalue weighted by atomic mass is 9.97. The molecule has 1 saturated carbocycles. The topological polar surface area (TPSA) is 52.9 Å². The van der Waals surface area contributed by atoms with Crippen LogP contribution in [0.3, 0.4) is 0 Å². The summed E-state index contributed by atoms with van der Waals surface area (Å²) in [6.45, 7) is 8.37. The van der Waals surface area contributed by atoms with Crippen LogP contribution >= 0.6 is 11.8 Å². The normalized spacial score (nSPS) is 18.8. The average Bonchev–Trinajstić information content (AvgIpc) is 3.07. The van der Waals surface area contributed by atoms with E-state index in [0.717, 1.165) is 25.0 Å². The van der Waals surface area contributed by atoms with Gasteiger partial charge in [-0.15, -0.1) is 0 Å². The van der Waals surface area contributed by atoms with Gasteiger partial charge >= 0.3 is 0 Å². The molecule has 0 spiro atoms. The first kappa shape index (κ1) is 15.4. The second kappa shape index (κ2) is 5.97. The third-order valence-corrected chi connectivity index (χ3v) is 4.47. The van der Waals surface area contributed by atoms with Gasteiger partial charge in [0.2, 0.25) is 5.91 Å². The Bertz CT molecular complexity index is 339. The molecule has 0 aromatic rings. The second-order valence-electron chi connectivity index (χ2n) is 6.20. The zero-order valence-corrected chi connectivity index (χ0v) is 12.7. The van der Waals surface area contributed by atoms with Crippen LogP contribution in [0.5, 0.6) is 0 Å². The standard InChI is InChI=1S/C14H24N2OS/c1-13(2,3)18-9-5-6-12(17)16-14(4,10-15)11-7-8-11/h11H,5-9H2,1-4H3,(H,16,17)/t14-/m1/s1. The molecule has 1 rings (SSSR count). The fourth-order valence-electron chi connectivity index (χ4n) is 1.85. The molecule has 102 valence electrons. The number of carbonyl (C=O) groups excluding carboxylic acids is 1. The van der Waals surface area contributed by atoms with Crippen molar-refractivity contribution in [2.45, 2.75) is 63.7 Å². The minimum absolute atomic E-state index is 0.0143. The maximum Gasteiger partial charge on any atom is 0.221 e. The van der Waals surface area contributed by atoms with Crippen LogP contribution in [-0.4, -0.2) is 21.9 Å². The molecule has 0 aromatic carbocycles. The van der Waals surface area contributed by atoms with Gasteiger partial charge in [0.05, 0.1) is 6.07 Å². The van der Waals surface area contributed by atoms with Gasteiger partial charge in [-0.2, -0.15) is 17.0 Å². The highest BCUT2D eigenvalue weighted by molar-refractivity contribution is 8.00. The number of rotatable bonds is 6. The van der Waals surface area contributed by atoms with Gasteiger partial charge in [-0.25, -0.2) is 0 Å². The zero-order valence-electron chi connectivity index (χ0n) is 11.9. The lowest BCUT2D eigenvalue weighted by Gasteiger charge is -2.23. The number of nitrogens with zero attached hydrogens (tertiary/aromatic N) is 1. The van der Waals surface area contributed by atoms with E-state index in [9.17, 15) is 4.79 Å². The molecule has 1 amide bonds. The first-order valence-electron chi connectivity index (χ1n) is 6.63. The maximum absolute atomic E-state index is 11.8. The molecule has 0 bridgehead atoms. The number of amides is 1. The molecule has 0 saturated heterocycles. The first-order valence-corrected chi connectivity index (χ1v) is 7.61. The molecule has 3 nitrogen and oxygen atoms in total. The van der Waals surface area contributed by atoms with Crippen molar-refractivity contribution >= 4 is 17.7 Å². The van der Waals surface area contributed by atoms with E-state index in [1.54, 1.807) is 0 Å². The summed E-state index contributed by atoms with van der Waals surface area (Å²) < 4.78 is 0.256. The highest BCUT2D eigenvalue weighted by Gasteiger charge is 2.42. The van der Waals surface area contributed by atoms with Crippen molar-refractivity contribution in [1.82, 2.24) is 5.32 Å². The molecule has 0 aliphatic heterocycles. The Morgan fingerprint density at radius 1 is 1.39 bits per heavy atom. The summed E-state index contributed by atoms with van der Waals surface area (Å²) in [7, 11) is 0. The Morgan fingerprint density at radius 3 is 2.44 bits per heavy atom. The Kier molecular flexibility index (Phi) is 5.10. The Hall–Kier alpha value is -0.690. The van der Waals surface area contributed by atoms with Gasteiger partial charge in [0.1, 0.15) is 5.54 Å². The molecular weight excluding hydrogens is 244 g/mol. The molecule has 0 unspecified atom stereocenters. The second-order valence-corrected chi connectivity index (χ2v) is 8.12. The molecule has 1 fully saturated rings. The van der Waals surface area contributed by atoms with Gasteiger partial charge < -0.3 is 5.32 Å². The highest BCUT2D eigenvalue weighted by atomic mass is 32.2. The molecule has 18 heavy (non-hydrogen) atoms. The van der Waals surface area contributed by atoms with E-state index in [-0.39, 0.29) is 10.7 Å². The van der Waals surface area contributed by atoms with Crippen LogP contribution in [0.1, 0.15) is 53.4 Å². The zero-order chi connectivity index (χ0) is 13.8. The van der Waals surface area contributed by atoms with E-state index < -0.39 is 5.54 Å². The first-order chi connectivity index (χ1) is 8.27. The SMILES string of the molecule is CC(C)(C)SCCCC(=O)N[C@](C)(C#N)C1CC1. The largest absolute Gasteiger partial charge is 0.338 e. The van der Waals surface area contributed by atoms with Crippen LogP contribution in [0.25, 0.3) is 0 Å². The van der Waals surface area contributed by atoms with E-state index >= 15 is 0 Å². The third-order valence-electron chi connectivity index (χ3n) is 3.11. The van der Waals surface area contributed by atoms with Crippen LogP contribution in [-0.2, 0) is 4.79 Å². The molecule has 0 heterocycles. The van der Waals surface area contributed by atoms with Gasteiger partial charge in [0.25, 0.3) is 0 Å². The van der Waals surface area contributed by atoms with Crippen molar-refractivity contribution in [3.8, 4) is 6.07 Å². The number of carbonyl (C=O) groups is 1. The summed E-state index contributed by atoms with van der Waals surface area (Å²) >= 11 is 1.87. The summed E-state index contributed by atoms with van der Waals surface area (Å²) in [5.74, 6) is 1.36. The number of nitriles is 1. The van der Waals surface area contributed by atoms with Crippen LogP contribution in [0.2, 0.25) is 0 Å².